The Morgan fingerprint density at radius 2 is 2.16 bits per heavy atom. The Morgan fingerprint density at radius 1 is 1.42 bits per heavy atom. The minimum atomic E-state index is 0.108. The molecule has 3 atom stereocenters. The zero-order valence-electron chi connectivity index (χ0n) is 13.1. The second-order valence-corrected chi connectivity index (χ2v) is 7.38. The second kappa shape index (κ2) is 8.83. The van der Waals surface area contributed by atoms with Crippen LogP contribution in [0.5, 0.6) is 0 Å². The standard InChI is InChI=1S/C16H31IO2/c1-5-7-15-14(12-18-17)9-11-16(4,19-15)10-6-8-13(2)3/h13-15H,5-12H2,1-4H3. The fourth-order valence-corrected chi connectivity index (χ4v) is 3.58. The fraction of sp³-hybridized carbons (Fsp3) is 1.00. The van der Waals surface area contributed by atoms with Crippen LogP contribution >= 0.6 is 23.0 Å². The van der Waals surface area contributed by atoms with Crippen LogP contribution in [0.2, 0.25) is 0 Å². The Morgan fingerprint density at radius 3 is 2.74 bits per heavy atom. The van der Waals surface area contributed by atoms with Crippen LogP contribution in [0.1, 0.15) is 72.6 Å². The Labute approximate surface area is 133 Å². The van der Waals surface area contributed by atoms with Gasteiger partial charge in [-0.1, -0.05) is 40.0 Å². The predicted octanol–water partition coefficient (Wildman–Crippen LogP) is 5.53. The highest BCUT2D eigenvalue weighted by Crippen LogP contribution is 2.38. The fourth-order valence-electron chi connectivity index (χ4n) is 3.12. The lowest BCUT2D eigenvalue weighted by Gasteiger charge is -2.43. The lowest BCUT2D eigenvalue weighted by atomic mass is 9.82. The van der Waals surface area contributed by atoms with Gasteiger partial charge in [-0.25, -0.2) is 0 Å². The molecule has 19 heavy (non-hydrogen) atoms. The summed E-state index contributed by atoms with van der Waals surface area (Å²) < 4.78 is 11.8. The van der Waals surface area contributed by atoms with E-state index >= 15 is 0 Å². The van der Waals surface area contributed by atoms with Crippen LogP contribution in [0.4, 0.5) is 0 Å². The zero-order valence-corrected chi connectivity index (χ0v) is 15.2. The average Bonchev–Trinajstić information content (AvgIpc) is 2.33. The lowest BCUT2D eigenvalue weighted by molar-refractivity contribution is -0.154. The maximum Gasteiger partial charge on any atom is 0.109 e. The Bertz CT molecular complexity index is 245. The molecule has 3 unspecified atom stereocenters. The van der Waals surface area contributed by atoms with Crippen LogP contribution in [0, 0.1) is 11.8 Å². The summed E-state index contributed by atoms with van der Waals surface area (Å²) in [6, 6.07) is 0. The highest BCUT2D eigenvalue weighted by Gasteiger charge is 2.37. The van der Waals surface area contributed by atoms with E-state index in [0.717, 1.165) is 12.5 Å². The molecule has 1 saturated heterocycles. The van der Waals surface area contributed by atoms with Crippen LogP contribution in [0.3, 0.4) is 0 Å². The summed E-state index contributed by atoms with van der Waals surface area (Å²) in [5.74, 6) is 1.40. The van der Waals surface area contributed by atoms with Crippen molar-refractivity contribution in [2.45, 2.75) is 84.3 Å². The van der Waals surface area contributed by atoms with E-state index in [9.17, 15) is 0 Å². The topological polar surface area (TPSA) is 18.5 Å². The van der Waals surface area contributed by atoms with E-state index < -0.39 is 0 Å². The number of hydrogen-bond donors (Lipinski definition) is 0. The van der Waals surface area contributed by atoms with Crippen molar-refractivity contribution >= 4 is 23.0 Å². The van der Waals surface area contributed by atoms with Crippen molar-refractivity contribution in [1.82, 2.24) is 0 Å². The quantitative estimate of drug-likeness (QED) is 0.514. The molecule has 0 saturated carbocycles. The number of hydrogen-bond acceptors (Lipinski definition) is 2. The molecule has 1 aliphatic heterocycles. The highest BCUT2D eigenvalue weighted by molar-refractivity contribution is 14.1. The van der Waals surface area contributed by atoms with Gasteiger partial charge in [0, 0.05) is 5.92 Å². The van der Waals surface area contributed by atoms with E-state index in [1.165, 1.54) is 44.9 Å². The van der Waals surface area contributed by atoms with E-state index in [0.29, 0.717) is 12.0 Å². The molecule has 114 valence electrons. The van der Waals surface area contributed by atoms with Crippen molar-refractivity contribution in [1.29, 1.82) is 0 Å². The maximum absolute atomic E-state index is 6.48. The first kappa shape index (κ1) is 17.7. The molecule has 0 bridgehead atoms. The first-order valence-corrected chi connectivity index (χ1v) is 8.80. The third-order valence-corrected chi connectivity index (χ3v) is 4.70. The molecule has 1 fully saturated rings. The van der Waals surface area contributed by atoms with E-state index in [4.69, 9.17) is 7.80 Å². The van der Waals surface area contributed by atoms with Crippen molar-refractivity contribution in [3.05, 3.63) is 0 Å². The summed E-state index contributed by atoms with van der Waals surface area (Å²) in [6.45, 7) is 10.0. The second-order valence-electron chi connectivity index (χ2n) is 6.76. The van der Waals surface area contributed by atoms with E-state index in [2.05, 4.69) is 27.7 Å². The summed E-state index contributed by atoms with van der Waals surface area (Å²) in [4.78, 5) is 0. The summed E-state index contributed by atoms with van der Waals surface area (Å²) in [6.07, 6.45) is 9.04. The van der Waals surface area contributed by atoms with Gasteiger partial charge in [-0.2, -0.15) is 0 Å². The molecule has 1 rings (SSSR count). The molecule has 1 heterocycles. The molecule has 0 aromatic carbocycles. The number of rotatable bonds is 8. The SMILES string of the molecule is CCCC1OC(C)(CCCC(C)C)CCC1COI. The van der Waals surface area contributed by atoms with Crippen LogP contribution in [-0.4, -0.2) is 18.3 Å². The molecule has 0 N–H and O–H groups in total. The molecule has 0 aromatic heterocycles. The predicted molar refractivity (Wildman–Crippen MR) is 89.6 cm³/mol. The van der Waals surface area contributed by atoms with Gasteiger partial charge in [0.05, 0.1) is 18.3 Å². The largest absolute Gasteiger partial charge is 0.372 e. The van der Waals surface area contributed by atoms with Gasteiger partial charge < -0.3 is 7.80 Å². The van der Waals surface area contributed by atoms with Gasteiger partial charge in [-0.15, -0.1) is 0 Å². The number of ether oxygens (including phenoxy) is 1. The molecule has 2 nitrogen and oxygen atoms in total. The summed E-state index contributed by atoms with van der Waals surface area (Å²) >= 11 is 2.01. The molecule has 1 aliphatic rings. The Hall–Kier alpha value is 0.650. The first-order chi connectivity index (χ1) is 9.00. The zero-order chi connectivity index (χ0) is 14.3. The van der Waals surface area contributed by atoms with Crippen LogP contribution in [0.25, 0.3) is 0 Å². The highest BCUT2D eigenvalue weighted by atomic mass is 127. The summed E-state index contributed by atoms with van der Waals surface area (Å²) in [5.41, 5.74) is 0.108. The molecule has 3 heteroatoms. The molecule has 0 aromatic rings. The smallest absolute Gasteiger partial charge is 0.109 e. The third-order valence-electron chi connectivity index (χ3n) is 4.34. The third kappa shape index (κ3) is 6.30. The van der Waals surface area contributed by atoms with Crippen molar-refractivity contribution in [3.63, 3.8) is 0 Å². The van der Waals surface area contributed by atoms with E-state index in [1.54, 1.807) is 0 Å². The lowest BCUT2D eigenvalue weighted by Crippen LogP contribution is -2.44. The number of halogens is 1. The van der Waals surface area contributed by atoms with Crippen molar-refractivity contribution in [3.8, 4) is 0 Å². The summed E-state index contributed by atoms with van der Waals surface area (Å²) in [5, 5.41) is 0. The molecule has 0 aliphatic carbocycles. The van der Waals surface area contributed by atoms with Crippen molar-refractivity contribution in [2.75, 3.05) is 6.61 Å². The average molecular weight is 382 g/mol. The molecule has 0 amide bonds. The Balaban J connectivity index is 2.48. The van der Waals surface area contributed by atoms with Crippen LogP contribution in [0.15, 0.2) is 0 Å². The van der Waals surface area contributed by atoms with Gasteiger partial charge in [0.25, 0.3) is 0 Å². The van der Waals surface area contributed by atoms with Crippen molar-refractivity contribution in [2.24, 2.45) is 11.8 Å². The summed E-state index contributed by atoms with van der Waals surface area (Å²) in [7, 11) is 0. The van der Waals surface area contributed by atoms with Gasteiger partial charge >= 0.3 is 0 Å². The van der Waals surface area contributed by atoms with E-state index in [1.807, 2.05) is 23.0 Å². The van der Waals surface area contributed by atoms with Gasteiger partial charge in [-0.3, -0.25) is 0 Å². The molecular weight excluding hydrogens is 351 g/mol. The monoisotopic (exact) mass is 382 g/mol. The van der Waals surface area contributed by atoms with Gasteiger partial charge in [-0.05, 0) is 38.5 Å². The molecule has 0 spiro atoms. The van der Waals surface area contributed by atoms with Crippen molar-refractivity contribution < 1.29 is 7.80 Å². The van der Waals surface area contributed by atoms with E-state index in [-0.39, 0.29) is 5.60 Å². The minimum absolute atomic E-state index is 0.108. The Kier molecular flexibility index (Phi) is 8.23. The molecular formula is C16H31IO2. The van der Waals surface area contributed by atoms with Crippen LogP contribution < -0.4 is 0 Å². The molecule has 0 radical (unpaired) electrons. The van der Waals surface area contributed by atoms with Gasteiger partial charge in [0.2, 0.25) is 0 Å². The normalized spacial score (nSPS) is 31.9. The van der Waals surface area contributed by atoms with Crippen LogP contribution in [-0.2, 0) is 7.80 Å². The minimum Gasteiger partial charge on any atom is -0.372 e. The van der Waals surface area contributed by atoms with Gasteiger partial charge in [0.15, 0.2) is 0 Å². The maximum atomic E-state index is 6.48. The van der Waals surface area contributed by atoms with Gasteiger partial charge in [0.1, 0.15) is 23.0 Å². The first-order valence-electron chi connectivity index (χ1n) is 7.92.